The van der Waals surface area contributed by atoms with Gasteiger partial charge in [-0.25, -0.2) is 30.9 Å². The number of rotatable bonds is 4. The normalized spacial score (nSPS) is 15.1. The maximum atomic E-state index is 12.1. The number of carbonyl (C=O) groups is 2. The lowest BCUT2D eigenvalue weighted by atomic mass is 10.1. The fraction of sp³-hybridized carbons (Fsp3) is 0.286. The third-order valence-corrected chi connectivity index (χ3v) is 3.04. The highest BCUT2D eigenvalue weighted by Gasteiger charge is 2.31. The van der Waals surface area contributed by atoms with Crippen LogP contribution in [0.2, 0.25) is 0 Å². The Balaban J connectivity index is 1.92. The number of benzene rings is 1. The van der Waals surface area contributed by atoms with Crippen LogP contribution >= 0.6 is 0 Å². The molecule has 1 aromatic rings. The van der Waals surface area contributed by atoms with E-state index in [1.807, 2.05) is 0 Å². The molecule has 140 valence electrons. The van der Waals surface area contributed by atoms with E-state index in [9.17, 15) is 22.8 Å². The Morgan fingerprint density at radius 3 is 2.62 bits per heavy atom. The van der Waals surface area contributed by atoms with Crippen molar-refractivity contribution >= 4 is 23.5 Å². The summed E-state index contributed by atoms with van der Waals surface area (Å²) in [7, 11) is 0. The molecule has 0 fully saturated rings. The Bertz CT molecular complexity index is 745. The van der Waals surface area contributed by atoms with E-state index in [2.05, 4.69) is 31.2 Å². The molecule has 0 bridgehead atoms. The molecule has 4 amide bonds. The summed E-state index contributed by atoms with van der Waals surface area (Å²) in [4.78, 5) is 23.3. The third-order valence-electron chi connectivity index (χ3n) is 3.04. The number of amides is 4. The van der Waals surface area contributed by atoms with E-state index in [4.69, 9.17) is 0 Å². The third kappa shape index (κ3) is 5.65. The van der Waals surface area contributed by atoms with Crippen molar-refractivity contribution in [1.82, 2.24) is 21.3 Å². The Morgan fingerprint density at radius 1 is 1.35 bits per heavy atom. The van der Waals surface area contributed by atoms with Crippen molar-refractivity contribution in [3.05, 3.63) is 29.8 Å². The fourth-order valence-electron chi connectivity index (χ4n) is 1.87. The number of hydrazone groups is 2. The second-order valence-electron chi connectivity index (χ2n) is 5.17. The first kappa shape index (κ1) is 19.0. The van der Waals surface area contributed by atoms with Crippen LogP contribution in [-0.4, -0.2) is 41.4 Å². The van der Waals surface area contributed by atoms with Crippen molar-refractivity contribution in [1.29, 1.82) is 0 Å². The van der Waals surface area contributed by atoms with E-state index in [1.54, 1.807) is 13.8 Å². The van der Waals surface area contributed by atoms with Crippen LogP contribution in [0, 0.1) is 0 Å². The van der Waals surface area contributed by atoms with Gasteiger partial charge in [-0.3, -0.25) is 0 Å². The first-order chi connectivity index (χ1) is 12.1. The van der Waals surface area contributed by atoms with Crippen molar-refractivity contribution in [3.8, 4) is 5.75 Å². The van der Waals surface area contributed by atoms with E-state index in [1.165, 1.54) is 12.1 Å². The van der Waals surface area contributed by atoms with E-state index in [0.717, 1.165) is 17.1 Å². The highest BCUT2D eigenvalue weighted by atomic mass is 19.4. The van der Waals surface area contributed by atoms with Crippen LogP contribution in [0.1, 0.15) is 19.4 Å². The van der Waals surface area contributed by atoms with Gasteiger partial charge in [0.1, 0.15) is 5.75 Å². The van der Waals surface area contributed by atoms with Crippen LogP contribution in [-0.2, 0) is 0 Å². The first-order valence-corrected chi connectivity index (χ1v) is 7.22. The van der Waals surface area contributed by atoms with Crippen molar-refractivity contribution in [2.75, 3.05) is 6.54 Å². The van der Waals surface area contributed by atoms with Crippen molar-refractivity contribution in [2.45, 2.75) is 20.2 Å². The molecule has 0 aliphatic carbocycles. The molecule has 1 aromatic carbocycles. The molecule has 0 spiro atoms. The number of nitrogens with one attached hydrogen (secondary N) is 3. The predicted octanol–water partition coefficient (Wildman–Crippen LogP) is 1.92. The van der Waals surface area contributed by atoms with Crippen LogP contribution in [0.25, 0.3) is 0 Å². The number of halogens is 3. The molecule has 26 heavy (non-hydrogen) atoms. The SMILES string of the molecule is CC1=NNC(=O)N(NC(=O)N/N=C(\C)c2ccc(OC(F)(F)F)cc2)C1. The summed E-state index contributed by atoms with van der Waals surface area (Å²) in [5.41, 5.74) is 8.06. The zero-order valence-electron chi connectivity index (χ0n) is 13.7. The maximum Gasteiger partial charge on any atom is 0.573 e. The van der Waals surface area contributed by atoms with Crippen molar-refractivity contribution < 1.29 is 27.5 Å². The molecule has 0 radical (unpaired) electrons. The molecule has 1 heterocycles. The highest BCUT2D eigenvalue weighted by Crippen LogP contribution is 2.22. The number of hydrogen-bond acceptors (Lipinski definition) is 5. The van der Waals surface area contributed by atoms with Crippen molar-refractivity contribution in [2.24, 2.45) is 10.2 Å². The van der Waals surface area contributed by atoms with Crippen LogP contribution in [0.3, 0.4) is 0 Å². The van der Waals surface area contributed by atoms with Crippen LogP contribution in [0.5, 0.6) is 5.75 Å². The summed E-state index contributed by atoms with van der Waals surface area (Å²) in [5, 5.41) is 8.52. The van der Waals surface area contributed by atoms with Gasteiger partial charge >= 0.3 is 18.4 Å². The fourth-order valence-corrected chi connectivity index (χ4v) is 1.87. The Labute approximate surface area is 145 Å². The number of ether oxygens (including phenoxy) is 1. The van der Waals surface area contributed by atoms with E-state index in [-0.39, 0.29) is 12.3 Å². The summed E-state index contributed by atoms with van der Waals surface area (Å²) in [6.45, 7) is 3.33. The Hall–Kier alpha value is -3.31. The molecule has 0 saturated heterocycles. The minimum absolute atomic E-state index is 0.114. The molecule has 0 unspecified atom stereocenters. The van der Waals surface area contributed by atoms with Gasteiger partial charge < -0.3 is 4.74 Å². The minimum Gasteiger partial charge on any atom is -0.406 e. The molecular formula is C14H15F3N6O3. The summed E-state index contributed by atoms with van der Waals surface area (Å²) in [5.74, 6) is -0.368. The van der Waals surface area contributed by atoms with Crippen LogP contribution < -0.4 is 21.0 Å². The number of nitrogens with zero attached hydrogens (tertiary/aromatic N) is 3. The zero-order chi connectivity index (χ0) is 19.3. The van der Waals surface area contributed by atoms with Crippen LogP contribution in [0.15, 0.2) is 34.5 Å². The molecule has 1 aliphatic heterocycles. The van der Waals surface area contributed by atoms with E-state index < -0.39 is 18.4 Å². The van der Waals surface area contributed by atoms with Gasteiger partial charge in [0.15, 0.2) is 0 Å². The summed E-state index contributed by atoms with van der Waals surface area (Å²) in [6, 6.07) is 3.59. The Morgan fingerprint density at radius 2 is 2.00 bits per heavy atom. The second-order valence-corrected chi connectivity index (χ2v) is 5.17. The molecule has 12 heteroatoms. The number of hydrogen-bond donors (Lipinski definition) is 3. The average Bonchev–Trinajstić information content (AvgIpc) is 2.55. The minimum atomic E-state index is -4.77. The van der Waals surface area contributed by atoms with Gasteiger partial charge in [-0.05, 0) is 43.7 Å². The quantitative estimate of drug-likeness (QED) is 0.555. The summed E-state index contributed by atoms with van der Waals surface area (Å²) >= 11 is 0. The lowest BCUT2D eigenvalue weighted by Gasteiger charge is -2.25. The predicted molar refractivity (Wildman–Crippen MR) is 85.4 cm³/mol. The van der Waals surface area contributed by atoms with Gasteiger partial charge in [0.05, 0.1) is 18.0 Å². The molecule has 1 aliphatic rings. The molecule has 0 aromatic heterocycles. The van der Waals surface area contributed by atoms with Crippen molar-refractivity contribution in [3.63, 3.8) is 0 Å². The number of urea groups is 2. The topological polar surface area (TPSA) is 107 Å². The van der Waals surface area contributed by atoms with Gasteiger partial charge in [0.25, 0.3) is 0 Å². The highest BCUT2D eigenvalue weighted by molar-refractivity contribution is 5.99. The van der Waals surface area contributed by atoms with Gasteiger partial charge in [-0.1, -0.05) is 0 Å². The number of alkyl halides is 3. The number of hydrazine groups is 1. The molecule has 0 saturated carbocycles. The average molecular weight is 372 g/mol. The smallest absolute Gasteiger partial charge is 0.406 e. The lowest BCUT2D eigenvalue weighted by Crippen LogP contribution is -2.56. The standard InChI is InChI=1S/C14H15F3N6O3/c1-8-7-23(13(25)21-18-8)22-12(24)20-19-9(2)10-3-5-11(6-4-10)26-14(15,16)17/h3-6H,7H2,1-2H3,(H,21,25)(H2,20,22,24)/b19-9+. The monoisotopic (exact) mass is 372 g/mol. The molecule has 0 atom stereocenters. The van der Waals surface area contributed by atoms with Crippen LogP contribution in [0.4, 0.5) is 22.8 Å². The van der Waals surface area contributed by atoms with E-state index in [0.29, 0.717) is 17.0 Å². The largest absolute Gasteiger partial charge is 0.573 e. The van der Waals surface area contributed by atoms with Gasteiger partial charge in [-0.2, -0.15) is 10.2 Å². The van der Waals surface area contributed by atoms with Gasteiger partial charge in [0, 0.05) is 0 Å². The molecule has 9 nitrogen and oxygen atoms in total. The second kappa shape index (κ2) is 7.72. The first-order valence-electron chi connectivity index (χ1n) is 7.22. The Kier molecular flexibility index (Phi) is 5.64. The molecule has 3 N–H and O–H groups in total. The zero-order valence-corrected chi connectivity index (χ0v) is 13.7. The van der Waals surface area contributed by atoms with Gasteiger partial charge in [-0.15, -0.1) is 13.2 Å². The summed E-state index contributed by atoms with van der Waals surface area (Å²) in [6.07, 6.45) is -4.77. The molecular weight excluding hydrogens is 357 g/mol. The maximum absolute atomic E-state index is 12.1. The molecule has 2 rings (SSSR count). The lowest BCUT2D eigenvalue weighted by molar-refractivity contribution is -0.274. The summed E-state index contributed by atoms with van der Waals surface area (Å²) < 4.78 is 40.1. The number of carbonyl (C=O) groups excluding carboxylic acids is 2. The van der Waals surface area contributed by atoms with Gasteiger partial charge in [0.2, 0.25) is 0 Å². The van der Waals surface area contributed by atoms with E-state index >= 15 is 0 Å².